The van der Waals surface area contributed by atoms with Gasteiger partial charge in [0.2, 0.25) is 0 Å². The molecule has 1 aliphatic rings. The van der Waals surface area contributed by atoms with E-state index in [2.05, 4.69) is 21.8 Å². The third-order valence-corrected chi connectivity index (χ3v) is 5.59. The van der Waals surface area contributed by atoms with Crippen LogP contribution in [-0.2, 0) is 4.74 Å². The molecule has 4 rings (SSSR count). The highest BCUT2D eigenvalue weighted by Crippen LogP contribution is 2.33. The van der Waals surface area contributed by atoms with Gasteiger partial charge in [0.15, 0.2) is 5.82 Å². The van der Waals surface area contributed by atoms with Crippen molar-refractivity contribution in [3.63, 3.8) is 0 Å². The van der Waals surface area contributed by atoms with Gasteiger partial charge in [-0.1, -0.05) is 29.5 Å². The van der Waals surface area contributed by atoms with Crippen LogP contribution in [0.5, 0.6) is 0 Å². The van der Waals surface area contributed by atoms with E-state index in [1.54, 1.807) is 17.0 Å². The van der Waals surface area contributed by atoms with Crippen LogP contribution in [0.4, 0.5) is 21.6 Å². The second-order valence-electron chi connectivity index (χ2n) is 7.10. The van der Waals surface area contributed by atoms with Crippen LogP contribution in [0.2, 0.25) is 5.02 Å². The third kappa shape index (κ3) is 3.83. The molecule has 158 valence electrons. The Morgan fingerprint density at radius 3 is 2.94 bits per heavy atom. The second kappa shape index (κ2) is 7.98. The number of anilines is 2. The second-order valence-corrected chi connectivity index (χ2v) is 7.50. The Balaban J connectivity index is 1.71. The van der Waals surface area contributed by atoms with Crippen molar-refractivity contribution >= 4 is 39.7 Å². The summed E-state index contributed by atoms with van der Waals surface area (Å²) < 4.78 is 20.1. The number of rotatable bonds is 3. The Morgan fingerprint density at radius 1 is 1.39 bits per heavy atom. The van der Waals surface area contributed by atoms with Gasteiger partial charge in [-0.25, -0.2) is 14.4 Å². The Bertz CT molecular complexity index is 1260. The highest BCUT2D eigenvalue weighted by Gasteiger charge is 2.38. The van der Waals surface area contributed by atoms with E-state index in [9.17, 15) is 14.5 Å². The molecule has 3 aromatic rings. The summed E-state index contributed by atoms with van der Waals surface area (Å²) in [5.41, 5.74) is 5.66. The van der Waals surface area contributed by atoms with E-state index in [4.69, 9.17) is 22.1 Å². The van der Waals surface area contributed by atoms with Gasteiger partial charge < -0.3 is 15.4 Å². The van der Waals surface area contributed by atoms with E-state index < -0.39 is 16.3 Å². The molecule has 0 bridgehead atoms. The van der Waals surface area contributed by atoms with Gasteiger partial charge in [0, 0.05) is 31.5 Å². The lowest BCUT2D eigenvalue weighted by Gasteiger charge is -2.24. The fraction of sp³-hybridized carbons (Fsp3) is 0.238. The number of nitrogens with two attached hydrogens (primary N) is 1. The molecule has 1 aliphatic heterocycles. The SMILES string of the molecule is CO[C@]1(C#Cc2cc3ncnc(N)c3cc2[N+](=O)[O-])CCN(c2cccc(Cl)c2F)C1. The molecule has 2 heterocycles. The molecule has 8 nitrogen and oxygen atoms in total. The van der Waals surface area contributed by atoms with Gasteiger partial charge >= 0.3 is 0 Å². The first kappa shape index (κ1) is 20.8. The van der Waals surface area contributed by atoms with Gasteiger partial charge in [-0.2, -0.15) is 0 Å². The molecule has 2 N–H and O–H groups in total. The van der Waals surface area contributed by atoms with Crippen molar-refractivity contribution in [1.29, 1.82) is 0 Å². The lowest BCUT2D eigenvalue weighted by Crippen LogP contribution is -2.34. The lowest BCUT2D eigenvalue weighted by molar-refractivity contribution is -0.385. The normalized spacial score (nSPS) is 18.1. The summed E-state index contributed by atoms with van der Waals surface area (Å²) in [6.45, 7) is 0.771. The molecule has 0 saturated carbocycles. The Morgan fingerprint density at radius 2 is 2.19 bits per heavy atom. The standard InChI is InChI=1S/C21H17ClFN5O3/c1-31-21(7-8-27(11-21)17-4-2-3-15(22)19(17)23)6-5-13-9-16-14(10-18(13)28(29)30)20(24)26-12-25-16/h2-4,9-10,12H,7-8,11H2,1H3,(H2,24,25,26)/t21-/m1/s1. The van der Waals surface area contributed by atoms with E-state index in [-0.39, 0.29) is 28.6 Å². The summed E-state index contributed by atoms with van der Waals surface area (Å²) in [5, 5.41) is 12.0. The molecule has 1 atom stereocenters. The smallest absolute Gasteiger partial charge is 0.285 e. The summed E-state index contributed by atoms with van der Waals surface area (Å²) in [7, 11) is 1.51. The van der Waals surface area contributed by atoms with Gasteiger partial charge in [-0.05, 0) is 18.2 Å². The number of nitro groups is 1. The number of nitro benzene ring substituents is 1. The predicted molar refractivity (Wildman–Crippen MR) is 115 cm³/mol. The number of methoxy groups -OCH3 is 1. The maximum Gasteiger partial charge on any atom is 0.285 e. The summed E-state index contributed by atoms with van der Waals surface area (Å²) >= 11 is 5.90. The van der Waals surface area contributed by atoms with E-state index in [1.165, 1.54) is 31.6 Å². The quantitative estimate of drug-likeness (QED) is 0.376. The monoisotopic (exact) mass is 441 g/mol. The molecule has 0 spiro atoms. The summed E-state index contributed by atoms with van der Waals surface area (Å²) in [6.07, 6.45) is 1.77. The van der Waals surface area contributed by atoms with E-state index in [0.717, 1.165) is 0 Å². The maximum absolute atomic E-state index is 14.4. The molecule has 1 saturated heterocycles. The summed E-state index contributed by atoms with van der Waals surface area (Å²) in [4.78, 5) is 20.8. The first-order chi connectivity index (χ1) is 14.8. The molecule has 1 aromatic heterocycles. The van der Waals surface area contributed by atoms with Gasteiger partial charge in [-0.3, -0.25) is 10.1 Å². The summed E-state index contributed by atoms with van der Waals surface area (Å²) in [6, 6.07) is 7.61. The number of hydrogen-bond acceptors (Lipinski definition) is 7. The van der Waals surface area contributed by atoms with E-state index >= 15 is 0 Å². The molecule has 31 heavy (non-hydrogen) atoms. The van der Waals surface area contributed by atoms with Crippen LogP contribution in [0.15, 0.2) is 36.7 Å². The first-order valence-corrected chi connectivity index (χ1v) is 9.67. The fourth-order valence-electron chi connectivity index (χ4n) is 3.59. The van der Waals surface area contributed by atoms with E-state index in [0.29, 0.717) is 29.6 Å². The van der Waals surface area contributed by atoms with Crippen molar-refractivity contribution in [3.05, 3.63) is 63.2 Å². The van der Waals surface area contributed by atoms with Crippen LogP contribution in [-0.4, -0.2) is 40.7 Å². The zero-order valence-corrected chi connectivity index (χ0v) is 17.2. The average Bonchev–Trinajstić information content (AvgIpc) is 3.18. The van der Waals surface area contributed by atoms with Gasteiger partial charge in [0.1, 0.15) is 23.3 Å². The van der Waals surface area contributed by atoms with Gasteiger partial charge in [0.25, 0.3) is 5.69 Å². The van der Waals surface area contributed by atoms with Gasteiger partial charge in [0.05, 0.1) is 27.7 Å². The zero-order valence-electron chi connectivity index (χ0n) is 16.4. The maximum atomic E-state index is 14.4. The number of nitrogens with zero attached hydrogens (tertiary/aromatic N) is 4. The molecule has 2 aromatic carbocycles. The Labute approximate surface area is 181 Å². The minimum atomic E-state index is -0.928. The number of halogens is 2. The number of hydrogen-bond donors (Lipinski definition) is 1. The number of benzene rings is 2. The molecule has 10 heteroatoms. The Kier molecular flexibility index (Phi) is 5.35. The van der Waals surface area contributed by atoms with Crippen LogP contribution in [0, 0.1) is 27.8 Å². The zero-order chi connectivity index (χ0) is 22.2. The van der Waals surface area contributed by atoms with Crippen LogP contribution in [0.25, 0.3) is 10.9 Å². The lowest BCUT2D eigenvalue weighted by atomic mass is 10.0. The van der Waals surface area contributed by atoms with Crippen molar-refractivity contribution in [2.45, 2.75) is 12.0 Å². The van der Waals surface area contributed by atoms with Crippen molar-refractivity contribution in [1.82, 2.24) is 9.97 Å². The third-order valence-electron chi connectivity index (χ3n) is 5.30. The van der Waals surface area contributed by atoms with Crippen molar-refractivity contribution in [3.8, 4) is 11.8 Å². The Hall–Kier alpha value is -3.48. The largest absolute Gasteiger partial charge is 0.383 e. The molecule has 0 unspecified atom stereocenters. The highest BCUT2D eigenvalue weighted by molar-refractivity contribution is 6.31. The minimum absolute atomic E-state index is 0.0338. The van der Waals surface area contributed by atoms with Crippen molar-refractivity contribution in [2.24, 2.45) is 0 Å². The van der Waals surface area contributed by atoms with Crippen LogP contribution < -0.4 is 10.6 Å². The fourth-order valence-corrected chi connectivity index (χ4v) is 3.76. The minimum Gasteiger partial charge on any atom is -0.383 e. The summed E-state index contributed by atoms with van der Waals surface area (Å²) in [5.74, 6) is 5.54. The first-order valence-electron chi connectivity index (χ1n) is 9.29. The molecule has 0 aliphatic carbocycles. The number of ether oxygens (including phenoxy) is 1. The van der Waals surface area contributed by atoms with E-state index in [1.807, 2.05) is 0 Å². The van der Waals surface area contributed by atoms with Crippen molar-refractivity contribution < 1.29 is 14.1 Å². The average molecular weight is 442 g/mol. The molecular formula is C21H17ClFN5O3. The van der Waals surface area contributed by atoms with Gasteiger partial charge in [-0.15, -0.1) is 0 Å². The topological polar surface area (TPSA) is 107 Å². The predicted octanol–water partition coefficient (Wildman–Crippen LogP) is 3.56. The highest BCUT2D eigenvalue weighted by atomic mass is 35.5. The number of nitrogen functional groups attached to an aromatic ring is 1. The van der Waals surface area contributed by atoms with Crippen LogP contribution in [0.1, 0.15) is 12.0 Å². The molecule has 1 fully saturated rings. The molecule has 0 amide bonds. The van der Waals surface area contributed by atoms with Crippen LogP contribution in [0.3, 0.4) is 0 Å². The number of aromatic nitrogens is 2. The van der Waals surface area contributed by atoms with Crippen molar-refractivity contribution in [2.75, 3.05) is 30.8 Å². The molecule has 0 radical (unpaired) electrons. The molecular weight excluding hydrogens is 425 g/mol. The number of fused-ring (bicyclic) bond motifs is 1. The van der Waals surface area contributed by atoms with Crippen LogP contribution >= 0.6 is 11.6 Å².